The van der Waals surface area contributed by atoms with Crippen LogP contribution in [0.15, 0.2) is 24.5 Å². The van der Waals surface area contributed by atoms with E-state index in [-0.39, 0.29) is 5.25 Å². The SMILES string of the molecule is O=S(=O)(NCc1cccnc1)C1CCNCC1. The Hall–Kier alpha value is -0.980. The van der Waals surface area contributed by atoms with E-state index in [1.165, 1.54) is 0 Å². The standard InChI is InChI=1S/C11H17N3O2S/c15-17(16,11-3-6-12-7-4-11)14-9-10-2-1-5-13-8-10/h1-2,5,8,11-12,14H,3-4,6-7,9H2. The largest absolute Gasteiger partial charge is 0.317 e. The van der Waals surface area contributed by atoms with E-state index in [0.29, 0.717) is 19.4 Å². The summed E-state index contributed by atoms with van der Waals surface area (Å²) in [7, 11) is -3.20. The quantitative estimate of drug-likeness (QED) is 0.809. The van der Waals surface area contributed by atoms with Crippen molar-refractivity contribution in [2.24, 2.45) is 0 Å². The highest BCUT2D eigenvalue weighted by molar-refractivity contribution is 7.90. The summed E-state index contributed by atoms with van der Waals surface area (Å²) in [4.78, 5) is 3.95. The van der Waals surface area contributed by atoms with E-state index in [1.54, 1.807) is 18.5 Å². The summed E-state index contributed by atoms with van der Waals surface area (Å²) in [6.45, 7) is 1.87. The van der Waals surface area contributed by atoms with Gasteiger partial charge >= 0.3 is 0 Å². The molecule has 94 valence electrons. The Labute approximate surface area is 102 Å². The Morgan fingerprint density at radius 2 is 2.18 bits per heavy atom. The van der Waals surface area contributed by atoms with Crippen molar-refractivity contribution in [3.8, 4) is 0 Å². The Balaban J connectivity index is 1.93. The normalized spacial score (nSPS) is 18.1. The van der Waals surface area contributed by atoms with Gasteiger partial charge in [0.1, 0.15) is 0 Å². The maximum atomic E-state index is 12.0. The first-order valence-electron chi connectivity index (χ1n) is 5.76. The maximum absolute atomic E-state index is 12.0. The van der Waals surface area contributed by atoms with Gasteiger partial charge in [0.15, 0.2) is 0 Å². The number of sulfonamides is 1. The highest BCUT2D eigenvalue weighted by atomic mass is 32.2. The highest BCUT2D eigenvalue weighted by Crippen LogP contribution is 2.12. The van der Waals surface area contributed by atoms with Gasteiger partial charge in [0.25, 0.3) is 0 Å². The minimum atomic E-state index is -3.20. The molecule has 5 nitrogen and oxygen atoms in total. The second-order valence-corrected chi connectivity index (χ2v) is 6.22. The van der Waals surface area contributed by atoms with Crippen molar-refractivity contribution < 1.29 is 8.42 Å². The van der Waals surface area contributed by atoms with Crippen LogP contribution in [0, 0.1) is 0 Å². The van der Waals surface area contributed by atoms with Crippen molar-refractivity contribution in [2.45, 2.75) is 24.6 Å². The predicted octanol–water partition coefficient (Wildman–Crippen LogP) is 0.253. The van der Waals surface area contributed by atoms with Crippen LogP contribution >= 0.6 is 0 Å². The summed E-state index contributed by atoms with van der Waals surface area (Å²) in [6, 6.07) is 3.66. The van der Waals surface area contributed by atoms with Crippen molar-refractivity contribution in [3.63, 3.8) is 0 Å². The van der Waals surface area contributed by atoms with Gasteiger partial charge in [0, 0.05) is 18.9 Å². The van der Waals surface area contributed by atoms with Crippen molar-refractivity contribution in [3.05, 3.63) is 30.1 Å². The summed E-state index contributed by atoms with van der Waals surface area (Å²) in [5, 5.41) is 2.89. The molecule has 1 saturated heterocycles. The van der Waals surface area contributed by atoms with E-state index in [4.69, 9.17) is 0 Å². The average molecular weight is 255 g/mol. The first kappa shape index (κ1) is 12.5. The number of aromatic nitrogens is 1. The first-order chi connectivity index (χ1) is 8.18. The third kappa shape index (κ3) is 3.49. The number of pyridine rings is 1. The van der Waals surface area contributed by atoms with Gasteiger partial charge in [-0.3, -0.25) is 4.98 Å². The van der Waals surface area contributed by atoms with Gasteiger partial charge in [-0.15, -0.1) is 0 Å². The number of piperidine rings is 1. The third-order valence-electron chi connectivity index (χ3n) is 2.93. The van der Waals surface area contributed by atoms with E-state index in [2.05, 4.69) is 15.0 Å². The van der Waals surface area contributed by atoms with E-state index in [9.17, 15) is 8.42 Å². The average Bonchev–Trinajstić information content (AvgIpc) is 2.39. The highest BCUT2D eigenvalue weighted by Gasteiger charge is 2.26. The van der Waals surface area contributed by atoms with Gasteiger partial charge in [-0.1, -0.05) is 6.07 Å². The van der Waals surface area contributed by atoms with Crippen molar-refractivity contribution in [1.29, 1.82) is 0 Å². The van der Waals surface area contributed by atoms with Crippen molar-refractivity contribution >= 4 is 10.0 Å². The summed E-state index contributed by atoms with van der Waals surface area (Å²) < 4.78 is 26.6. The van der Waals surface area contributed by atoms with E-state index >= 15 is 0 Å². The summed E-state index contributed by atoms with van der Waals surface area (Å²) in [5.74, 6) is 0. The van der Waals surface area contributed by atoms with E-state index < -0.39 is 10.0 Å². The smallest absolute Gasteiger partial charge is 0.214 e. The number of nitrogens with zero attached hydrogens (tertiary/aromatic N) is 1. The maximum Gasteiger partial charge on any atom is 0.214 e. The number of nitrogens with one attached hydrogen (secondary N) is 2. The van der Waals surface area contributed by atoms with Gasteiger partial charge < -0.3 is 5.32 Å². The summed E-state index contributed by atoms with van der Waals surface area (Å²) in [5.41, 5.74) is 0.880. The zero-order chi connectivity index (χ0) is 12.1. The molecule has 0 saturated carbocycles. The summed E-state index contributed by atoms with van der Waals surface area (Å²) in [6.07, 6.45) is 4.71. The molecule has 0 aromatic carbocycles. The van der Waals surface area contributed by atoms with Crippen LogP contribution in [0.4, 0.5) is 0 Å². The monoisotopic (exact) mass is 255 g/mol. The molecule has 0 amide bonds. The molecule has 0 bridgehead atoms. The van der Waals surface area contributed by atoms with Crippen LogP contribution in [-0.2, 0) is 16.6 Å². The molecule has 0 radical (unpaired) electrons. The van der Waals surface area contributed by atoms with E-state index in [0.717, 1.165) is 18.7 Å². The molecule has 1 fully saturated rings. The van der Waals surface area contributed by atoms with Crippen LogP contribution in [0.2, 0.25) is 0 Å². The second-order valence-electron chi connectivity index (χ2n) is 4.18. The lowest BCUT2D eigenvalue weighted by Gasteiger charge is -2.22. The lowest BCUT2D eigenvalue weighted by Crippen LogP contribution is -2.41. The molecule has 0 spiro atoms. The molecular formula is C11H17N3O2S. The molecule has 6 heteroatoms. The van der Waals surface area contributed by atoms with Gasteiger partial charge in [-0.2, -0.15) is 0 Å². The number of hydrogen-bond acceptors (Lipinski definition) is 4. The molecular weight excluding hydrogens is 238 g/mol. The lowest BCUT2D eigenvalue weighted by molar-refractivity contribution is 0.489. The topological polar surface area (TPSA) is 71.1 Å². The molecule has 2 rings (SSSR count). The summed E-state index contributed by atoms with van der Waals surface area (Å²) >= 11 is 0. The Kier molecular flexibility index (Phi) is 4.09. The Bertz CT molecular complexity index is 441. The predicted molar refractivity (Wildman–Crippen MR) is 65.9 cm³/mol. The zero-order valence-corrected chi connectivity index (χ0v) is 10.4. The third-order valence-corrected chi connectivity index (χ3v) is 4.82. The molecule has 2 heterocycles. The molecule has 17 heavy (non-hydrogen) atoms. The number of rotatable bonds is 4. The van der Waals surface area contributed by atoms with Gasteiger partial charge in [0.05, 0.1) is 5.25 Å². The lowest BCUT2D eigenvalue weighted by atomic mass is 10.2. The van der Waals surface area contributed by atoms with Gasteiger partial charge in [-0.05, 0) is 37.6 Å². The molecule has 1 aliphatic rings. The van der Waals surface area contributed by atoms with Gasteiger partial charge in [-0.25, -0.2) is 13.1 Å². The van der Waals surface area contributed by atoms with E-state index in [1.807, 2.05) is 6.07 Å². The minimum Gasteiger partial charge on any atom is -0.317 e. The number of hydrogen-bond donors (Lipinski definition) is 2. The fourth-order valence-corrected chi connectivity index (χ4v) is 3.37. The fraction of sp³-hybridized carbons (Fsp3) is 0.545. The minimum absolute atomic E-state index is 0.263. The molecule has 1 aliphatic heterocycles. The van der Waals surface area contributed by atoms with Crippen LogP contribution in [0.3, 0.4) is 0 Å². The molecule has 2 N–H and O–H groups in total. The van der Waals surface area contributed by atoms with Crippen LogP contribution in [0.1, 0.15) is 18.4 Å². The van der Waals surface area contributed by atoms with Crippen molar-refractivity contribution in [1.82, 2.24) is 15.0 Å². The molecule has 0 unspecified atom stereocenters. The van der Waals surface area contributed by atoms with Crippen molar-refractivity contribution in [2.75, 3.05) is 13.1 Å². The molecule has 1 aromatic heterocycles. The van der Waals surface area contributed by atoms with Gasteiger partial charge in [0.2, 0.25) is 10.0 Å². The first-order valence-corrected chi connectivity index (χ1v) is 7.31. The Morgan fingerprint density at radius 1 is 1.41 bits per heavy atom. The zero-order valence-electron chi connectivity index (χ0n) is 9.59. The molecule has 1 aromatic rings. The van der Waals surface area contributed by atoms with Crippen LogP contribution in [0.5, 0.6) is 0 Å². The van der Waals surface area contributed by atoms with Crippen LogP contribution in [0.25, 0.3) is 0 Å². The van der Waals surface area contributed by atoms with Crippen LogP contribution in [-0.4, -0.2) is 31.7 Å². The van der Waals surface area contributed by atoms with Crippen LogP contribution < -0.4 is 10.0 Å². The molecule has 0 atom stereocenters. The Morgan fingerprint density at radius 3 is 2.82 bits per heavy atom. The fourth-order valence-electron chi connectivity index (χ4n) is 1.91. The molecule has 0 aliphatic carbocycles. The second kappa shape index (κ2) is 5.57.